The summed E-state index contributed by atoms with van der Waals surface area (Å²) in [7, 11) is 1.63. The van der Waals surface area contributed by atoms with Crippen LogP contribution in [0.25, 0.3) is 0 Å². The van der Waals surface area contributed by atoms with Gasteiger partial charge in [0.05, 0.1) is 13.7 Å². The minimum Gasteiger partial charge on any atom is -0.497 e. The summed E-state index contributed by atoms with van der Waals surface area (Å²) in [6.07, 6.45) is 1.79. The van der Waals surface area contributed by atoms with E-state index in [-0.39, 0.29) is 17.9 Å². The Balaban J connectivity index is 1.68. The van der Waals surface area contributed by atoms with Crippen molar-refractivity contribution in [3.8, 4) is 5.75 Å². The van der Waals surface area contributed by atoms with E-state index in [1.54, 1.807) is 14.0 Å². The van der Waals surface area contributed by atoms with Crippen LogP contribution in [0, 0.1) is 0 Å². The molecule has 1 saturated heterocycles. The molecule has 0 aromatic heterocycles. The fraction of sp³-hybridized carbons (Fsp3) is 0.529. The van der Waals surface area contributed by atoms with Gasteiger partial charge in [-0.3, -0.25) is 14.5 Å². The van der Waals surface area contributed by atoms with E-state index in [9.17, 15) is 9.59 Å². The van der Waals surface area contributed by atoms with Crippen LogP contribution in [0.1, 0.15) is 25.3 Å². The summed E-state index contributed by atoms with van der Waals surface area (Å²) >= 11 is 0. The van der Waals surface area contributed by atoms with Gasteiger partial charge in [0.15, 0.2) is 0 Å². The van der Waals surface area contributed by atoms with Crippen molar-refractivity contribution in [1.29, 1.82) is 0 Å². The van der Waals surface area contributed by atoms with E-state index in [0.29, 0.717) is 13.1 Å². The highest BCUT2D eigenvalue weighted by Gasteiger charge is 2.21. The number of benzene rings is 1. The first kappa shape index (κ1) is 17.3. The SMILES string of the molecule is COc1ccc(CNC(=O)CN2CCC(NC(C)=O)CC2)cc1. The third-order valence-corrected chi connectivity index (χ3v) is 4.01. The van der Waals surface area contributed by atoms with Gasteiger partial charge in [-0.05, 0) is 30.5 Å². The molecule has 0 unspecified atom stereocenters. The predicted octanol–water partition coefficient (Wildman–Crippen LogP) is 0.912. The lowest BCUT2D eigenvalue weighted by Gasteiger charge is -2.31. The molecule has 1 heterocycles. The molecular formula is C17H25N3O3. The Bertz CT molecular complexity index is 522. The highest BCUT2D eigenvalue weighted by atomic mass is 16.5. The van der Waals surface area contributed by atoms with E-state index in [4.69, 9.17) is 4.74 Å². The van der Waals surface area contributed by atoms with Crippen LogP contribution in [0.5, 0.6) is 5.75 Å². The van der Waals surface area contributed by atoms with Crippen molar-refractivity contribution in [2.75, 3.05) is 26.7 Å². The van der Waals surface area contributed by atoms with Crippen LogP contribution < -0.4 is 15.4 Å². The number of carbonyl (C=O) groups excluding carboxylic acids is 2. The van der Waals surface area contributed by atoms with Crippen LogP contribution in [0.15, 0.2) is 24.3 Å². The molecule has 6 nitrogen and oxygen atoms in total. The van der Waals surface area contributed by atoms with Crippen molar-refractivity contribution in [2.45, 2.75) is 32.4 Å². The highest BCUT2D eigenvalue weighted by Crippen LogP contribution is 2.11. The van der Waals surface area contributed by atoms with Crippen LogP contribution in [0.3, 0.4) is 0 Å². The number of piperidine rings is 1. The first-order chi connectivity index (χ1) is 11.1. The second-order valence-electron chi connectivity index (χ2n) is 5.88. The smallest absolute Gasteiger partial charge is 0.234 e. The number of carbonyl (C=O) groups is 2. The Morgan fingerprint density at radius 1 is 1.22 bits per heavy atom. The van der Waals surface area contributed by atoms with Gasteiger partial charge in [-0.15, -0.1) is 0 Å². The number of nitrogens with zero attached hydrogens (tertiary/aromatic N) is 1. The van der Waals surface area contributed by atoms with Gasteiger partial charge in [-0.1, -0.05) is 12.1 Å². The fourth-order valence-corrected chi connectivity index (χ4v) is 2.73. The van der Waals surface area contributed by atoms with E-state index < -0.39 is 0 Å². The molecule has 23 heavy (non-hydrogen) atoms. The van der Waals surface area contributed by atoms with Gasteiger partial charge >= 0.3 is 0 Å². The number of hydrogen-bond acceptors (Lipinski definition) is 4. The second-order valence-corrected chi connectivity index (χ2v) is 5.88. The first-order valence-electron chi connectivity index (χ1n) is 7.96. The average molecular weight is 319 g/mol. The Morgan fingerprint density at radius 2 is 1.87 bits per heavy atom. The number of hydrogen-bond donors (Lipinski definition) is 2. The van der Waals surface area contributed by atoms with Crippen molar-refractivity contribution < 1.29 is 14.3 Å². The summed E-state index contributed by atoms with van der Waals surface area (Å²) in [5.41, 5.74) is 1.04. The number of likely N-dealkylation sites (tertiary alicyclic amines) is 1. The maximum Gasteiger partial charge on any atom is 0.234 e. The van der Waals surface area contributed by atoms with Crippen molar-refractivity contribution in [2.24, 2.45) is 0 Å². The molecular weight excluding hydrogens is 294 g/mol. The van der Waals surface area contributed by atoms with Crippen molar-refractivity contribution in [3.63, 3.8) is 0 Å². The molecule has 0 bridgehead atoms. The van der Waals surface area contributed by atoms with Crippen LogP contribution in [0.2, 0.25) is 0 Å². The number of amides is 2. The molecule has 0 radical (unpaired) electrons. The van der Waals surface area contributed by atoms with Crippen molar-refractivity contribution in [3.05, 3.63) is 29.8 Å². The van der Waals surface area contributed by atoms with Gasteiger partial charge in [0, 0.05) is 32.6 Å². The maximum atomic E-state index is 12.0. The van der Waals surface area contributed by atoms with Gasteiger partial charge in [-0.25, -0.2) is 0 Å². The summed E-state index contributed by atoms with van der Waals surface area (Å²) in [5.74, 6) is 0.849. The minimum absolute atomic E-state index is 0.0145. The molecule has 1 aliphatic heterocycles. The predicted molar refractivity (Wildman–Crippen MR) is 88.1 cm³/mol. The largest absolute Gasteiger partial charge is 0.497 e. The molecule has 0 atom stereocenters. The molecule has 0 saturated carbocycles. The standard InChI is InChI=1S/C17H25N3O3/c1-13(21)19-15-7-9-20(10-8-15)12-17(22)18-11-14-3-5-16(23-2)6-4-14/h3-6,15H,7-12H2,1-2H3,(H,18,22)(H,19,21). The van der Waals surface area contributed by atoms with E-state index in [0.717, 1.165) is 37.2 Å². The van der Waals surface area contributed by atoms with Crippen molar-refractivity contribution in [1.82, 2.24) is 15.5 Å². The summed E-state index contributed by atoms with van der Waals surface area (Å²) in [4.78, 5) is 25.2. The van der Waals surface area contributed by atoms with Crippen LogP contribution in [-0.2, 0) is 16.1 Å². The van der Waals surface area contributed by atoms with Crippen LogP contribution >= 0.6 is 0 Å². The molecule has 0 aliphatic carbocycles. The Hall–Kier alpha value is -2.08. The lowest BCUT2D eigenvalue weighted by atomic mass is 10.1. The normalized spacial score (nSPS) is 15.9. The monoisotopic (exact) mass is 319 g/mol. The lowest BCUT2D eigenvalue weighted by Crippen LogP contribution is -2.46. The summed E-state index contributed by atoms with van der Waals surface area (Å²) < 4.78 is 5.11. The Kier molecular flexibility index (Phi) is 6.40. The summed E-state index contributed by atoms with van der Waals surface area (Å²) in [6.45, 7) is 4.13. The molecule has 1 fully saturated rings. The zero-order valence-electron chi connectivity index (χ0n) is 13.8. The number of methoxy groups -OCH3 is 1. The third-order valence-electron chi connectivity index (χ3n) is 4.01. The zero-order valence-corrected chi connectivity index (χ0v) is 13.8. The molecule has 2 amide bonds. The number of rotatable bonds is 6. The quantitative estimate of drug-likeness (QED) is 0.818. The Morgan fingerprint density at radius 3 is 2.43 bits per heavy atom. The van der Waals surface area contributed by atoms with Gasteiger partial charge in [-0.2, -0.15) is 0 Å². The van der Waals surface area contributed by atoms with Gasteiger partial charge in [0.25, 0.3) is 0 Å². The summed E-state index contributed by atoms with van der Waals surface area (Å²) in [5, 5.41) is 5.87. The van der Waals surface area contributed by atoms with Gasteiger partial charge < -0.3 is 15.4 Å². The topological polar surface area (TPSA) is 70.7 Å². The molecule has 0 spiro atoms. The minimum atomic E-state index is 0.0145. The van der Waals surface area contributed by atoms with Crippen LogP contribution in [-0.4, -0.2) is 49.5 Å². The van der Waals surface area contributed by atoms with E-state index >= 15 is 0 Å². The molecule has 1 aliphatic rings. The highest BCUT2D eigenvalue weighted by molar-refractivity contribution is 5.78. The second kappa shape index (κ2) is 8.53. The van der Waals surface area contributed by atoms with E-state index in [1.807, 2.05) is 24.3 Å². The fourth-order valence-electron chi connectivity index (χ4n) is 2.73. The molecule has 1 aromatic carbocycles. The molecule has 2 rings (SSSR count). The molecule has 1 aromatic rings. The van der Waals surface area contributed by atoms with Crippen LogP contribution in [0.4, 0.5) is 0 Å². The molecule has 2 N–H and O–H groups in total. The van der Waals surface area contributed by atoms with Gasteiger partial charge in [0.1, 0.15) is 5.75 Å². The zero-order chi connectivity index (χ0) is 16.7. The number of ether oxygens (including phenoxy) is 1. The van der Waals surface area contributed by atoms with Crippen molar-refractivity contribution >= 4 is 11.8 Å². The molecule has 126 valence electrons. The lowest BCUT2D eigenvalue weighted by molar-refractivity contribution is -0.123. The average Bonchev–Trinajstić information content (AvgIpc) is 2.55. The first-order valence-corrected chi connectivity index (χ1v) is 7.96. The van der Waals surface area contributed by atoms with Gasteiger partial charge in [0.2, 0.25) is 11.8 Å². The van der Waals surface area contributed by atoms with E-state index in [2.05, 4.69) is 15.5 Å². The Labute approximate surface area is 137 Å². The third kappa shape index (κ3) is 5.90. The number of nitrogens with one attached hydrogen (secondary N) is 2. The maximum absolute atomic E-state index is 12.0. The molecule has 6 heteroatoms. The van der Waals surface area contributed by atoms with E-state index in [1.165, 1.54) is 0 Å². The summed E-state index contributed by atoms with van der Waals surface area (Å²) in [6, 6.07) is 7.89.